The van der Waals surface area contributed by atoms with Gasteiger partial charge in [-0.05, 0) is 52.1 Å². The number of fused-ring (bicyclic) bond motifs is 1. The van der Waals surface area contributed by atoms with Crippen LogP contribution in [0.4, 0.5) is 0 Å². The number of hydrogen-bond donors (Lipinski definition) is 1. The molecule has 5 rings (SSSR count). The standard InChI is InChI=1S/C27H28N6O3/c1-19-8-6-11-21-16-23(27(34)28-24(19)21)25(26-29-30-31-33(26)13-15-35-2)32(18-22-12-7-14-36-22)17-20-9-4-3-5-10-20/h3-12,14,16,25H,13,15,17-18H2,1-2H3,(H,28,34)/t25-/m0/s1. The average Bonchev–Trinajstić information content (AvgIpc) is 3.57. The molecule has 0 bridgehead atoms. The Labute approximate surface area is 208 Å². The molecule has 1 N–H and O–H groups in total. The van der Waals surface area contributed by atoms with Crippen LogP contribution >= 0.6 is 0 Å². The molecule has 9 nitrogen and oxygen atoms in total. The Morgan fingerprint density at radius 1 is 1.08 bits per heavy atom. The van der Waals surface area contributed by atoms with Crippen molar-refractivity contribution in [2.45, 2.75) is 32.6 Å². The summed E-state index contributed by atoms with van der Waals surface area (Å²) in [6, 6.07) is 21.3. The molecule has 3 aromatic heterocycles. The fraction of sp³-hybridized carbons (Fsp3) is 0.259. The summed E-state index contributed by atoms with van der Waals surface area (Å²) in [5.41, 5.74) is 3.31. The van der Waals surface area contributed by atoms with Crippen LogP contribution in [-0.2, 0) is 24.4 Å². The van der Waals surface area contributed by atoms with Gasteiger partial charge in [0.2, 0.25) is 0 Å². The van der Waals surface area contributed by atoms with Crippen LogP contribution in [0.25, 0.3) is 10.9 Å². The predicted molar refractivity (Wildman–Crippen MR) is 135 cm³/mol. The highest BCUT2D eigenvalue weighted by molar-refractivity contribution is 5.82. The molecule has 5 aromatic rings. The van der Waals surface area contributed by atoms with Crippen molar-refractivity contribution in [3.63, 3.8) is 0 Å². The minimum absolute atomic E-state index is 0.180. The fourth-order valence-corrected chi connectivity index (χ4v) is 4.51. The van der Waals surface area contributed by atoms with E-state index >= 15 is 0 Å². The van der Waals surface area contributed by atoms with Crippen molar-refractivity contribution >= 4 is 10.9 Å². The third-order valence-electron chi connectivity index (χ3n) is 6.26. The van der Waals surface area contributed by atoms with Gasteiger partial charge in [0.25, 0.3) is 5.56 Å². The average molecular weight is 485 g/mol. The quantitative estimate of drug-likeness (QED) is 0.321. The first-order valence-electron chi connectivity index (χ1n) is 11.8. The number of aromatic amines is 1. The lowest BCUT2D eigenvalue weighted by Gasteiger charge is -2.30. The van der Waals surface area contributed by atoms with Gasteiger partial charge in [0.05, 0.1) is 31.5 Å². The zero-order chi connectivity index (χ0) is 24.9. The molecule has 3 heterocycles. The van der Waals surface area contributed by atoms with E-state index in [-0.39, 0.29) is 5.56 Å². The van der Waals surface area contributed by atoms with Crippen LogP contribution in [-0.4, -0.2) is 43.8 Å². The van der Waals surface area contributed by atoms with E-state index in [2.05, 4.69) is 37.5 Å². The van der Waals surface area contributed by atoms with E-state index in [1.807, 2.05) is 61.5 Å². The number of benzene rings is 2. The molecule has 0 aliphatic carbocycles. The van der Waals surface area contributed by atoms with Crippen molar-refractivity contribution in [2.24, 2.45) is 0 Å². The van der Waals surface area contributed by atoms with Crippen LogP contribution in [0, 0.1) is 6.92 Å². The second kappa shape index (κ2) is 10.7. The Hall–Kier alpha value is -4.08. The van der Waals surface area contributed by atoms with Crippen LogP contribution in [0.5, 0.6) is 0 Å². The topological polar surface area (TPSA) is 102 Å². The molecule has 2 aromatic carbocycles. The van der Waals surface area contributed by atoms with Gasteiger partial charge in [-0.2, -0.15) is 0 Å². The number of nitrogens with one attached hydrogen (secondary N) is 1. The Balaban J connectivity index is 1.68. The molecule has 0 aliphatic rings. The molecular weight excluding hydrogens is 456 g/mol. The van der Waals surface area contributed by atoms with E-state index in [0.29, 0.717) is 37.6 Å². The van der Waals surface area contributed by atoms with Crippen LogP contribution in [0.3, 0.4) is 0 Å². The molecule has 0 spiro atoms. The summed E-state index contributed by atoms with van der Waals surface area (Å²) in [7, 11) is 1.64. The number of nitrogens with zero attached hydrogens (tertiary/aromatic N) is 5. The normalized spacial score (nSPS) is 12.4. The largest absolute Gasteiger partial charge is 0.468 e. The Bertz CT molecular complexity index is 1480. The van der Waals surface area contributed by atoms with Gasteiger partial charge in [-0.25, -0.2) is 4.68 Å². The van der Waals surface area contributed by atoms with E-state index in [1.165, 1.54) is 0 Å². The maximum Gasteiger partial charge on any atom is 0.253 e. The highest BCUT2D eigenvalue weighted by atomic mass is 16.5. The van der Waals surface area contributed by atoms with Crippen molar-refractivity contribution < 1.29 is 9.15 Å². The van der Waals surface area contributed by atoms with Crippen molar-refractivity contribution in [2.75, 3.05) is 13.7 Å². The summed E-state index contributed by atoms with van der Waals surface area (Å²) < 4.78 is 12.7. The van der Waals surface area contributed by atoms with Gasteiger partial charge < -0.3 is 14.1 Å². The third kappa shape index (κ3) is 4.98. The van der Waals surface area contributed by atoms with E-state index in [1.54, 1.807) is 18.1 Å². The number of para-hydroxylation sites is 1. The lowest BCUT2D eigenvalue weighted by atomic mass is 10.0. The van der Waals surface area contributed by atoms with Crippen LogP contribution in [0.15, 0.2) is 82.2 Å². The smallest absolute Gasteiger partial charge is 0.253 e. The molecule has 0 aliphatic heterocycles. The molecule has 0 fully saturated rings. The first kappa shape index (κ1) is 23.7. The van der Waals surface area contributed by atoms with Gasteiger partial charge in [0, 0.05) is 19.2 Å². The van der Waals surface area contributed by atoms with E-state index in [4.69, 9.17) is 9.15 Å². The molecular formula is C27H28N6O3. The third-order valence-corrected chi connectivity index (χ3v) is 6.26. The number of ether oxygens (including phenoxy) is 1. The number of pyridine rings is 1. The fourth-order valence-electron chi connectivity index (χ4n) is 4.51. The second-order valence-electron chi connectivity index (χ2n) is 8.72. The molecule has 36 heavy (non-hydrogen) atoms. The summed E-state index contributed by atoms with van der Waals surface area (Å²) in [6.45, 7) is 3.89. The van der Waals surface area contributed by atoms with Gasteiger partial charge in [-0.3, -0.25) is 9.69 Å². The molecule has 0 amide bonds. The number of methoxy groups -OCH3 is 1. The zero-order valence-corrected chi connectivity index (χ0v) is 20.3. The summed E-state index contributed by atoms with van der Waals surface area (Å²) in [5, 5.41) is 13.5. The lowest BCUT2D eigenvalue weighted by Crippen LogP contribution is -2.35. The molecule has 184 valence electrons. The summed E-state index contributed by atoms with van der Waals surface area (Å²) in [4.78, 5) is 18.9. The Morgan fingerprint density at radius 3 is 2.72 bits per heavy atom. The van der Waals surface area contributed by atoms with E-state index in [0.717, 1.165) is 27.8 Å². The highest BCUT2D eigenvalue weighted by Gasteiger charge is 2.31. The molecule has 9 heteroatoms. The summed E-state index contributed by atoms with van der Waals surface area (Å²) in [6.07, 6.45) is 1.65. The molecule has 0 saturated heterocycles. The summed E-state index contributed by atoms with van der Waals surface area (Å²) in [5.74, 6) is 1.34. The number of furan rings is 1. The molecule has 0 saturated carbocycles. The number of aryl methyl sites for hydroxylation is 1. The SMILES string of the molecule is COCCn1nnnc1[C@H](c1cc2cccc(C)c2[nH]c1=O)N(Cc1ccccc1)Cc1ccco1. The monoisotopic (exact) mass is 484 g/mol. The number of H-pyrrole nitrogens is 1. The van der Waals surface area contributed by atoms with Gasteiger partial charge in [0.15, 0.2) is 5.82 Å². The minimum atomic E-state index is -0.546. The van der Waals surface area contributed by atoms with Crippen molar-refractivity contribution in [1.82, 2.24) is 30.1 Å². The number of aromatic nitrogens is 5. The number of tetrazole rings is 1. The van der Waals surface area contributed by atoms with E-state index < -0.39 is 6.04 Å². The van der Waals surface area contributed by atoms with Gasteiger partial charge in [-0.15, -0.1) is 5.10 Å². The van der Waals surface area contributed by atoms with Gasteiger partial charge in [-0.1, -0.05) is 48.5 Å². The first-order chi connectivity index (χ1) is 17.6. The second-order valence-corrected chi connectivity index (χ2v) is 8.72. The maximum atomic E-state index is 13.6. The maximum absolute atomic E-state index is 13.6. The lowest BCUT2D eigenvalue weighted by molar-refractivity contribution is 0.163. The van der Waals surface area contributed by atoms with Crippen LogP contribution in [0.1, 0.15) is 34.3 Å². The molecule has 0 unspecified atom stereocenters. The minimum Gasteiger partial charge on any atom is -0.468 e. The number of hydrogen-bond acceptors (Lipinski definition) is 7. The van der Waals surface area contributed by atoms with Gasteiger partial charge >= 0.3 is 0 Å². The van der Waals surface area contributed by atoms with Crippen molar-refractivity contribution in [1.29, 1.82) is 0 Å². The Morgan fingerprint density at radius 2 is 1.94 bits per heavy atom. The van der Waals surface area contributed by atoms with E-state index in [9.17, 15) is 4.79 Å². The Kier molecular flexibility index (Phi) is 7.01. The van der Waals surface area contributed by atoms with Crippen LogP contribution < -0.4 is 5.56 Å². The zero-order valence-electron chi connectivity index (χ0n) is 20.3. The van der Waals surface area contributed by atoms with Gasteiger partial charge in [0.1, 0.15) is 11.8 Å². The first-order valence-corrected chi connectivity index (χ1v) is 11.8. The molecule has 0 radical (unpaired) electrons. The summed E-state index contributed by atoms with van der Waals surface area (Å²) >= 11 is 0. The highest BCUT2D eigenvalue weighted by Crippen LogP contribution is 2.30. The van der Waals surface area contributed by atoms with Crippen molar-refractivity contribution in [3.05, 3.63) is 112 Å². The number of rotatable bonds is 10. The molecule has 1 atom stereocenters. The van der Waals surface area contributed by atoms with Crippen LogP contribution in [0.2, 0.25) is 0 Å². The predicted octanol–water partition coefficient (Wildman–Crippen LogP) is 3.85. The van der Waals surface area contributed by atoms with Crippen molar-refractivity contribution in [3.8, 4) is 0 Å².